The molecule has 35 heavy (non-hydrogen) atoms. The zero-order chi connectivity index (χ0) is 25.8. The summed E-state index contributed by atoms with van der Waals surface area (Å²) in [5.74, 6) is 0.298. The third-order valence-electron chi connectivity index (χ3n) is 6.83. The molecule has 7 nitrogen and oxygen atoms in total. The number of hydrogen-bond donors (Lipinski definition) is 2. The molecular formula is C27H37ClN2O5. The van der Waals surface area contributed by atoms with Gasteiger partial charge in [-0.2, -0.15) is 0 Å². The fourth-order valence-corrected chi connectivity index (χ4v) is 5.14. The van der Waals surface area contributed by atoms with Crippen LogP contribution in [0.25, 0.3) is 0 Å². The predicted octanol–water partition coefficient (Wildman–Crippen LogP) is 5.18. The average molecular weight is 505 g/mol. The molecule has 0 aromatic heterocycles. The fraction of sp³-hybridized carbons (Fsp3) is 0.556. The molecule has 4 atom stereocenters. The van der Waals surface area contributed by atoms with Gasteiger partial charge in [0.2, 0.25) is 5.91 Å². The quantitative estimate of drug-likeness (QED) is 0.550. The molecule has 3 rings (SSSR count). The highest BCUT2D eigenvalue weighted by molar-refractivity contribution is 6.35. The van der Waals surface area contributed by atoms with Crippen LogP contribution in [-0.4, -0.2) is 49.0 Å². The van der Waals surface area contributed by atoms with Gasteiger partial charge in [0.15, 0.2) is 0 Å². The molecule has 1 aromatic rings. The van der Waals surface area contributed by atoms with Gasteiger partial charge < -0.3 is 24.8 Å². The van der Waals surface area contributed by atoms with E-state index in [4.69, 9.17) is 21.1 Å². The van der Waals surface area contributed by atoms with E-state index in [0.29, 0.717) is 42.1 Å². The van der Waals surface area contributed by atoms with Crippen molar-refractivity contribution in [3.05, 3.63) is 46.5 Å². The zero-order valence-corrected chi connectivity index (χ0v) is 22.0. The Bertz CT molecular complexity index is 1000. The number of methoxy groups -OCH3 is 1. The number of carbonyl (C=O) groups excluding carboxylic acids is 2. The summed E-state index contributed by atoms with van der Waals surface area (Å²) in [6.07, 6.45) is 8.24. The number of ether oxygens (including phenoxy) is 2. The Balaban J connectivity index is 1.93. The molecule has 2 N–H and O–H groups in total. The third-order valence-corrected chi connectivity index (χ3v) is 7.21. The van der Waals surface area contributed by atoms with Gasteiger partial charge >= 0.3 is 6.09 Å². The van der Waals surface area contributed by atoms with Crippen molar-refractivity contribution in [2.45, 2.75) is 77.0 Å². The van der Waals surface area contributed by atoms with Gasteiger partial charge in [-0.1, -0.05) is 42.3 Å². The molecule has 2 aliphatic heterocycles. The van der Waals surface area contributed by atoms with E-state index in [1.54, 1.807) is 21.1 Å². The fourth-order valence-electron chi connectivity index (χ4n) is 4.82. The normalized spacial score (nSPS) is 31.1. The number of carbonyl (C=O) groups is 2. The summed E-state index contributed by atoms with van der Waals surface area (Å²) in [6.45, 7) is 5.75. The maximum absolute atomic E-state index is 13.1. The summed E-state index contributed by atoms with van der Waals surface area (Å²) >= 11 is 6.57. The molecule has 1 fully saturated rings. The molecule has 0 radical (unpaired) electrons. The summed E-state index contributed by atoms with van der Waals surface area (Å²) < 4.78 is 11.0. The van der Waals surface area contributed by atoms with Gasteiger partial charge in [0.05, 0.1) is 18.4 Å². The van der Waals surface area contributed by atoms with Gasteiger partial charge in [-0.25, -0.2) is 4.79 Å². The number of rotatable bonds is 1. The van der Waals surface area contributed by atoms with Crippen molar-refractivity contribution in [3.63, 3.8) is 0 Å². The standard InChI is InChI=1S/C27H37ClN2O5/c1-17-8-6-7-9-20-15-22(35-26(32)29-20)18(2)16-27(3,33)11-10-24(31)30(4)21-13-19(12-17)14-23(34-5)25(21)28/h6-8,13-14,18,20,22,33H,9-12,15-16H2,1-5H3,(H,29,32)/b7-6+,17-8+/t18-,20?,22?,27+/m1/s1. The van der Waals surface area contributed by atoms with E-state index in [2.05, 4.69) is 5.32 Å². The first-order chi connectivity index (χ1) is 16.5. The molecule has 2 amide bonds. The number of fused-ring (bicyclic) bond motifs is 4. The molecule has 2 aliphatic rings. The summed E-state index contributed by atoms with van der Waals surface area (Å²) in [5, 5.41) is 14.3. The number of benzene rings is 1. The van der Waals surface area contributed by atoms with Gasteiger partial charge in [-0.3, -0.25) is 4.79 Å². The maximum atomic E-state index is 13.1. The number of nitrogens with one attached hydrogen (secondary N) is 1. The first-order valence-electron chi connectivity index (χ1n) is 12.1. The van der Waals surface area contributed by atoms with E-state index >= 15 is 0 Å². The monoisotopic (exact) mass is 504 g/mol. The smallest absolute Gasteiger partial charge is 0.407 e. The van der Waals surface area contributed by atoms with Crippen molar-refractivity contribution >= 4 is 29.3 Å². The van der Waals surface area contributed by atoms with E-state index < -0.39 is 11.7 Å². The number of amides is 2. The van der Waals surface area contributed by atoms with Crippen LogP contribution >= 0.6 is 11.6 Å². The van der Waals surface area contributed by atoms with Crippen molar-refractivity contribution < 1.29 is 24.2 Å². The predicted molar refractivity (Wildman–Crippen MR) is 138 cm³/mol. The van der Waals surface area contributed by atoms with E-state index in [-0.39, 0.29) is 36.8 Å². The van der Waals surface area contributed by atoms with E-state index in [1.807, 2.05) is 44.2 Å². The largest absolute Gasteiger partial charge is 0.495 e. The SMILES string of the molecule is COc1cc2cc(c1Cl)N(C)C(=O)CC[C@](C)(O)C[C@@H](C)C1CC(C/C=C/C=C(\C)C2)NC(=O)O1. The molecule has 192 valence electrons. The number of allylic oxidation sites excluding steroid dienone is 3. The third kappa shape index (κ3) is 7.24. The number of anilines is 1. The highest BCUT2D eigenvalue weighted by atomic mass is 35.5. The summed E-state index contributed by atoms with van der Waals surface area (Å²) in [6, 6.07) is 3.77. The lowest BCUT2D eigenvalue weighted by Crippen LogP contribution is -2.48. The second kappa shape index (κ2) is 11.5. The van der Waals surface area contributed by atoms with E-state index in [9.17, 15) is 14.7 Å². The van der Waals surface area contributed by atoms with E-state index in [1.165, 1.54) is 4.90 Å². The highest BCUT2D eigenvalue weighted by Gasteiger charge is 2.35. The number of aliphatic hydroxyl groups is 1. The van der Waals surface area contributed by atoms with Crippen molar-refractivity contribution in [1.82, 2.24) is 5.32 Å². The van der Waals surface area contributed by atoms with Gasteiger partial charge in [-0.15, -0.1) is 0 Å². The lowest BCUT2D eigenvalue weighted by atomic mass is 9.84. The van der Waals surface area contributed by atoms with Crippen LogP contribution in [0.5, 0.6) is 5.75 Å². The Labute approximate surface area is 213 Å². The maximum Gasteiger partial charge on any atom is 0.407 e. The molecule has 0 aliphatic carbocycles. The second-order valence-corrected chi connectivity index (χ2v) is 10.5. The summed E-state index contributed by atoms with van der Waals surface area (Å²) in [5.41, 5.74) is 1.59. The molecule has 2 heterocycles. The second-order valence-electron chi connectivity index (χ2n) is 10.1. The number of halogens is 1. The molecule has 0 spiro atoms. The van der Waals surface area contributed by atoms with Crippen LogP contribution in [0.3, 0.4) is 0 Å². The molecular weight excluding hydrogens is 468 g/mol. The molecule has 1 saturated heterocycles. The number of nitrogens with zero attached hydrogens (tertiary/aromatic N) is 1. The zero-order valence-electron chi connectivity index (χ0n) is 21.3. The number of hydrogen-bond acceptors (Lipinski definition) is 5. The van der Waals surface area contributed by atoms with Crippen molar-refractivity contribution in [2.24, 2.45) is 5.92 Å². The minimum atomic E-state index is -1.09. The average Bonchev–Trinajstić information content (AvgIpc) is 2.79. The number of alkyl carbamates (subject to hydrolysis) is 1. The minimum Gasteiger partial charge on any atom is -0.495 e. The van der Waals surface area contributed by atoms with E-state index in [0.717, 1.165) is 11.1 Å². The van der Waals surface area contributed by atoms with Gasteiger partial charge in [0.25, 0.3) is 0 Å². The highest BCUT2D eigenvalue weighted by Crippen LogP contribution is 2.37. The molecule has 1 aromatic carbocycles. The summed E-state index contributed by atoms with van der Waals surface area (Å²) in [7, 11) is 3.24. The van der Waals surface area contributed by atoms with Crippen LogP contribution in [0.2, 0.25) is 5.02 Å². The Morgan fingerprint density at radius 3 is 2.77 bits per heavy atom. The van der Waals surface area contributed by atoms with Crippen LogP contribution < -0.4 is 15.0 Å². The molecule has 2 unspecified atom stereocenters. The topological polar surface area (TPSA) is 88.1 Å². The first kappa shape index (κ1) is 27.1. The molecule has 8 heteroatoms. The van der Waals surface area contributed by atoms with Crippen LogP contribution in [0.4, 0.5) is 10.5 Å². The van der Waals surface area contributed by atoms with Crippen LogP contribution in [0.15, 0.2) is 35.9 Å². The van der Waals surface area contributed by atoms with Gasteiger partial charge in [0, 0.05) is 25.9 Å². The van der Waals surface area contributed by atoms with Crippen LogP contribution in [-0.2, 0) is 16.0 Å². The minimum absolute atomic E-state index is 0.0287. The molecule has 0 saturated carbocycles. The van der Waals surface area contributed by atoms with Crippen LogP contribution in [0.1, 0.15) is 58.4 Å². The van der Waals surface area contributed by atoms with Crippen molar-refractivity contribution in [3.8, 4) is 5.75 Å². The Hall–Kier alpha value is -2.51. The lowest BCUT2D eigenvalue weighted by Gasteiger charge is -2.36. The van der Waals surface area contributed by atoms with Gasteiger partial charge in [0.1, 0.15) is 16.9 Å². The summed E-state index contributed by atoms with van der Waals surface area (Å²) in [4.78, 5) is 26.7. The first-order valence-corrected chi connectivity index (χ1v) is 12.5. The Kier molecular flexibility index (Phi) is 8.89. The lowest BCUT2D eigenvalue weighted by molar-refractivity contribution is -0.119. The van der Waals surface area contributed by atoms with Crippen molar-refractivity contribution in [2.75, 3.05) is 19.1 Å². The van der Waals surface area contributed by atoms with Crippen LogP contribution in [0, 0.1) is 5.92 Å². The van der Waals surface area contributed by atoms with Crippen molar-refractivity contribution in [1.29, 1.82) is 0 Å². The Morgan fingerprint density at radius 1 is 1.31 bits per heavy atom. The van der Waals surface area contributed by atoms with Gasteiger partial charge in [-0.05, 0) is 63.1 Å². The molecule has 4 bridgehead atoms. The Morgan fingerprint density at radius 2 is 2.06 bits per heavy atom.